The highest BCUT2D eigenvalue weighted by Crippen LogP contribution is 2.43. The number of likely N-dealkylation sites (N-methyl/N-ethyl adjacent to an activating group) is 1. The maximum absolute atomic E-state index is 15.0. The van der Waals surface area contributed by atoms with Crippen LogP contribution in [-0.4, -0.2) is 126 Å². The van der Waals surface area contributed by atoms with E-state index in [4.69, 9.17) is 9.47 Å². The van der Waals surface area contributed by atoms with E-state index in [1.807, 2.05) is 13.8 Å². The fourth-order valence-corrected chi connectivity index (χ4v) is 12.3. The van der Waals surface area contributed by atoms with E-state index in [0.717, 1.165) is 0 Å². The quantitative estimate of drug-likeness (QED) is 0.0626. The number of esters is 1. The summed E-state index contributed by atoms with van der Waals surface area (Å²) in [7, 11) is 2.11. The van der Waals surface area contributed by atoms with E-state index in [-0.39, 0.29) is 76.7 Å². The number of halogens is 5. The van der Waals surface area contributed by atoms with E-state index in [1.54, 1.807) is 57.2 Å². The number of fused-ring (bicyclic) bond motifs is 7. The van der Waals surface area contributed by atoms with Gasteiger partial charge in [0, 0.05) is 67.4 Å². The van der Waals surface area contributed by atoms with Gasteiger partial charge in [0.1, 0.15) is 12.6 Å². The number of hydrogen-bond acceptors (Lipinski definition) is 9. The third-order valence-corrected chi connectivity index (χ3v) is 16.3. The van der Waals surface area contributed by atoms with Gasteiger partial charge >= 0.3 is 12.1 Å². The van der Waals surface area contributed by atoms with E-state index >= 15 is 8.78 Å². The minimum Gasteiger partial charge on any atom is -0.465 e. The number of alkyl halides is 5. The molecule has 390 valence electrons. The number of carbonyl (C=O) groups is 5. The predicted octanol–water partition coefficient (Wildman–Crippen LogP) is 7.82. The number of pyridine rings is 1. The van der Waals surface area contributed by atoms with Crippen molar-refractivity contribution < 1.29 is 55.4 Å². The molecule has 5 heterocycles. The largest absolute Gasteiger partial charge is 0.465 e. The van der Waals surface area contributed by atoms with Gasteiger partial charge in [-0.25, -0.2) is 8.78 Å². The number of likely N-dealkylation sites (tertiary alicyclic amines) is 1. The normalized spacial score (nSPS) is 20.6. The average molecular weight is 1050 g/mol. The van der Waals surface area contributed by atoms with Crippen LogP contribution >= 0.6 is 0 Å². The summed E-state index contributed by atoms with van der Waals surface area (Å²) in [5.74, 6) is -3.01. The Bertz CT molecular complexity index is 2730. The number of aromatic nitrogens is 2. The van der Waals surface area contributed by atoms with Crippen LogP contribution in [0.1, 0.15) is 88.8 Å². The van der Waals surface area contributed by atoms with Gasteiger partial charge in [-0.3, -0.25) is 39.1 Å². The van der Waals surface area contributed by atoms with Crippen molar-refractivity contribution in [3.63, 3.8) is 0 Å². The zero-order valence-corrected chi connectivity index (χ0v) is 44.1. The molecular weight excluding hydrogens is 986 g/mol. The number of nitrogens with one attached hydrogen (secondary N) is 2. The number of ether oxygens (including phenoxy) is 2. The van der Waals surface area contributed by atoms with Crippen LogP contribution in [0.2, 0.25) is 11.1 Å². The van der Waals surface area contributed by atoms with Gasteiger partial charge in [-0.1, -0.05) is 52.5 Å². The highest BCUT2D eigenvalue weighted by molar-refractivity contribution is 6.46. The zero-order chi connectivity index (χ0) is 53.1. The summed E-state index contributed by atoms with van der Waals surface area (Å²) in [4.78, 5) is 79.4. The third-order valence-electron chi connectivity index (χ3n) is 13.8. The molecule has 14 nitrogen and oxygen atoms in total. The van der Waals surface area contributed by atoms with Gasteiger partial charge in [-0.2, -0.15) is 13.2 Å². The summed E-state index contributed by atoms with van der Waals surface area (Å²) in [5, 5.41) is 4.97. The van der Waals surface area contributed by atoms with Crippen molar-refractivity contribution in [2.24, 2.45) is 17.3 Å². The van der Waals surface area contributed by atoms with Crippen molar-refractivity contribution in [3.8, 4) is 22.4 Å². The summed E-state index contributed by atoms with van der Waals surface area (Å²) in [6, 6.07) is 11.5. The number of methoxy groups -OCH3 is 1. The first kappa shape index (κ1) is 55.0. The number of nitrogens with zero attached hydrogens (tertiary/aromatic N) is 5. The maximum atomic E-state index is 15.0. The zero-order valence-electron chi connectivity index (χ0n) is 42.1. The first-order chi connectivity index (χ1) is 34.5. The van der Waals surface area contributed by atoms with Gasteiger partial charge in [0.2, 0.25) is 23.6 Å². The van der Waals surface area contributed by atoms with Crippen LogP contribution in [0.4, 0.5) is 22.0 Å². The molecule has 0 aliphatic carbocycles. The highest BCUT2D eigenvalue weighted by Gasteiger charge is 2.40. The molecule has 5 atom stereocenters. The molecule has 6 bridgehead atoms. The lowest BCUT2D eigenvalue weighted by Crippen LogP contribution is -2.54. The summed E-state index contributed by atoms with van der Waals surface area (Å²) in [5.41, 5.74) is -0.0377. The number of cyclic esters (lactones) is 1. The molecule has 73 heavy (non-hydrogen) atoms. The molecular formula is C52H62F5N7O7Si2. The minimum absolute atomic E-state index is 0.107. The molecule has 4 aromatic rings. The number of hydrazine groups is 1. The van der Waals surface area contributed by atoms with Crippen LogP contribution in [0.5, 0.6) is 0 Å². The molecule has 2 N–H and O–H groups in total. The smallest absolute Gasteiger partial charge is 0.406 e. The Morgan fingerprint density at radius 2 is 1.84 bits per heavy atom. The minimum atomic E-state index is -4.67. The third kappa shape index (κ3) is 12.6. The molecule has 3 aliphatic rings. The first-order valence-electron chi connectivity index (χ1n) is 24.4. The molecule has 2 fully saturated rings. The molecule has 0 saturated carbocycles. The van der Waals surface area contributed by atoms with E-state index in [2.05, 4.69) is 21.6 Å². The molecule has 21 heteroatoms. The van der Waals surface area contributed by atoms with Gasteiger partial charge in [-0.05, 0) is 104 Å². The Morgan fingerprint density at radius 1 is 1.08 bits per heavy atom. The number of rotatable bonds is 12. The monoisotopic (exact) mass is 1050 g/mol. The van der Waals surface area contributed by atoms with Crippen molar-refractivity contribution >= 4 is 59.9 Å². The Kier molecular flexibility index (Phi) is 17.2. The number of amides is 4. The second-order valence-electron chi connectivity index (χ2n) is 20.2. The van der Waals surface area contributed by atoms with E-state index < -0.39 is 81.2 Å². The Hall–Kier alpha value is -5.78. The van der Waals surface area contributed by atoms with Crippen molar-refractivity contribution in [2.75, 3.05) is 40.4 Å². The van der Waals surface area contributed by atoms with Gasteiger partial charge in [0.15, 0.2) is 19.4 Å². The summed E-state index contributed by atoms with van der Waals surface area (Å²) in [6.45, 7) is 11.8. The predicted molar refractivity (Wildman–Crippen MR) is 267 cm³/mol. The van der Waals surface area contributed by atoms with Crippen LogP contribution in [0.15, 0.2) is 67.4 Å². The highest BCUT2D eigenvalue weighted by atomic mass is 28.2. The maximum Gasteiger partial charge on any atom is 0.406 e. The Balaban J connectivity index is 1.33. The molecule has 3 aliphatic heterocycles. The second kappa shape index (κ2) is 22.8. The van der Waals surface area contributed by atoms with Crippen LogP contribution in [0.3, 0.4) is 0 Å². The molecule has 2 aromatic heterocycles. The van der Waals surface area contributed by atoms with Crippen LogP contribution in [-0.2, 0) is 52.8 Å². The molecule has 7 rings (SSSR count). The molecule has 4 amide bonds. The standard InChI is InChI=1S/C52H62F5N7O7Si2/c1-9-42(65)62-19-16-33(26-62)48(67)61(7)44(29(2)3)47(66)59-72-41-22-31-20-34(23-35(21-31)46(53)54)32-14-15-39-37(24-32)38(25-51(5,6)28-71-50(69)40-13-11-18-64(49(41)68)60-73-40)45(63(39)27-52(55,56)57)36-12-10-17-58-43(36)30(4)70-8/h9-10,12,14-15,17,20-21,23-24,29-30,33,40-41,44,46,60H,1,11,13,16,18-19,22,25-28H2,2-8H3,(H,59,66)/t30-,33-,40-,41?,44-/m0/s1. The molecule has 2 saturated heterocycles. The van der Waals surface area contributed by atoms with Gasteiger partial charge in [0.25, 0.3) is 6.43 Å². The topological polar surface area (TPSA) is 155 Å². The number of benzene rings is 2. The van der Waals surface area contributed by atoms with Crippen LogP contribution in [0, 0.1) is 17.3 Å². The number of carbonyl (C=O) groups excluding carboxylic acids is 5. The molecule has 0 spiro atoms. The van der Waals surface area contributed by atoms with Gasteiger partial charge < -0.3 is 28.8 Å². The van der Waals surface area contributed by atoms with E-state index in [9.17, 15) is 37.1 Å². The average Bonchev–Trinajstić information content (AvgIpc) is 3.85. The lowest BCUT2D eigenvalue weighted by molar-refractivity contribution is -0.147. The fraction of sp³-hybridized carbons (Fsp3) is 0.500. The van der Waals surface area contributed by atoms with Crippen LogP contribution in [0.25, 0.3) is 33.3 Å². The van der Waals surface area contributed by atoms with E-state index in [0.29, 0.717) is 64.7 Å². The van der Waals surface area contributed by atoms with Gasteiger partial charge in [0.05, 0.1) is 41.1 Å². The van der Waals surface area contributed by atoms with Crippen LogP contribution < -0.4 is 10.1 Å². The van der Waals surface area contributed by atoms with Crippen molar-refractivity contribution in [1.29, 1.82) is 0 Å². The van der Waals surface area contributed by atoms with Crippen molar-refractivity contribution in [3.05, 3.63) is 89.8 Å². The summed E-state index contributed by atoms with van der Waals surface area (Å²) < 4.78 is 87.2. The molecule has 4 radical (unpaired) electrons. The second-order valence-corrected chi connectivity index (χ2v) is 22.7. The van der Waals surface area contributed by atoms with E-state index in [1.165, 1.54) is 57.9 Å². The number of hydrogen-bond donors (Lipinski definition) is 2. The first-order valence-corrected chi connectivity index (χ1v) is 26.5. The SMILES string of the molecule is C=CC(=O)N1CC[C@H](C(=O)N(C)[C@H](C(=O)N[Si]C2Cc3cc(cc(C(F)F)c3)-c3ccc4c(c3)c(c(-c3cccnc3[C@H](C)OC)n4CC(F)(F)F)CC(C)(C)COC(=O)[C@@H]3CCCN(N[Si]3)C2=O)C(C)C)C1. The molecule has 1 unspecified atom stereocenters. The summed E-state index contributed by atoms with van der Waals surface area (Å²) in [6.07, 6.45) is -4.33. The molecule has 2 aromatic carbocycles. The lowest BCUT2D eigenvalue weighted by Gasteiger charge is -2.32. The lowest BCUT2D eigenvalue weighted by atomic mass is 9.84. The van der Waals surface area contributed by atoms with Gasteiger partial charge in [-0.15, -0.1) is 0 Å². The Morgan fingerprint density at radius 3 is 2.52 bits per heavy atom. The Labute approximate surface area is 427 Å². The fourth-order valence-electron chi connectivity index (χ4n) is 10.1. The van der Waals surface area contributed by atoms with Crippen molar-refractivity contribution in [1.82, 2.24) is 34.4 Å². The van der Waals surface area contributed by atoms with Crippen molar-refractivity contribution in [2.45, 2.75) is 109 Å². The summed E-state index contributed by atoms with van der Waals surface area (Å²) >= 11 is 0.